The number of nitriles is 1. The molecule has 7 nitrogen and oxygen atoms in total. The lowest BCUT2D eigenvalue weighted by molar-refractivity contribution is -0.105. The zero-order valence-corrected chi connectivity index (χ0v) is 14.2. The van der Waals surface area contributed by atoms with E-state index in [1.807, 2.05) is 36.0 Å². The molecule has 1 atom stereocenters. The predicted molar refractivity (Wildman–Crippen MR) is 94.0 cm³/mol. The number of hydrogen-bond donors (Lipinski definition) is 1. The van der Waals surface area contributed by atoms with E-state index in [2.05, 4.69) is 15.5 Å². The van der Waals surface area contributed by atoms with Gasteiger partial charge in [-0.05, 0) is 25.1 Å². The van der Waals surface area contributed by atoms with Crippen molar-refractivity contribution in [1.29, 1.82) is 5.26 Å². The Morgan fingerprint density at radius 2 is 2.16 bits per heavy atom. The molecule has 0 aliphatic rings. The molecule has 0 unspecified atom stereocenters. The minimum absolute atomic E-state index is 0.0551. The summed E-state index contributed by atoms with van der Waals surface area (Å²) in [5.41, 5.74) is 2.08. The average Bonchev–Trinajstić information content (AvgIpc) is 3.25. The smallest absolute Gasteiger partial charge is 0.212 e. The van der Waals surface area contributed by atoms with Gasteiger partial charge in [-0.2, -0.15) is 15.5 Å². The van der Waals surface area contributed by atoms with Gasteiger partial charge in [0.2, 0.25) is 6.41 Å². The molecule has 25 heavy (non-hydrogen) atoms. The summed E-state index contributed by atoms with van der Waals surface area (Å²) in [4.78, 5) is 10.4. The van der Waals surface area contributed by atoms with Crippen molar-refractivity contribution in [2.45, 2.75) is 19.5 Å². The number of nitrogens with one attached hydrogen (secondary N) is 1. The third-order valence-electron chi connectivity index (χ3n) is 3.74. The van der Waals surface area contributed by atoms with Gasteiger partial charge in [-0.15, -0.1) is 0 Å². The molecule has 0 bridgehead atoms. The van der Waals surface area contributed by atoms with E-state index in [-0.39, 0.29) is 6.04 Å². The highest BCUT2D eigenvalue weighted by Crippen LogP contribution is 2.24. The molecule has 1 aromatic carbocycles. The topological polar surface area (TPSA) is 88.5 Å². The second kappa shape index (κ2) is 7.20. The average molecular weight is 355 g/mol. The van der Waals surface area contributed by atoms with Crippen LogP contribution in [0.1, 0.15) is 18.5 Å². The van der Waals surface area contributed by atoms with Crippen LogP contribution in [0, 0.1) is 11.3 Å². The molecular formula is C17H15ClN6O. The van der Waals surface area contributed by atoms with Crippen LogP contribution in [0.4, 0.5) is 5.82 Å². The van der Waals surface area contributed by atoms with Crippen molar-refractivity contribution in [3.8, 4) is 17.3 Å². The Bertz CT molecular complexity index is 939. The van der Waals surface area contributed by atoms with Gasteiger partial charge in [0.05, 0.1) is 28.9 Å². The molecule has 2 aromatic heterocycles. The summed E-state index contributed by atoms with van der Waals surface area (Å²) in [6, 6.07) is 11.0. The Hall–Kier alpha value is -3.11. The second-order valence-corrected chi connectivity index (χ2v) is 5.93. The van der Waals surface area contributed by atoms with Crippen molar-refractivity contribution >= 4 is 23.8 Å². The number of amides is 1. The maximum Gasteiger partial charge on any atom is 0.212 e. The third kappa shape index (κ3) is 3.70. The van der Waals surface area contributed by atoms with E-state index in [9.17, 15) is 4.79 Å². The van der Waals surface area contributed by atoms with Crippen LogP contribution < -0.4 is 5.32 Å². The zero-order valence-electron chi connectivity index (χ0n) is 13.4. The Morgan fingerprint density at radius 1 is 1.32 bits per heavy atom. The first-order valence-electron chi connectivity index (χ1n) is 7.59. The molecule has 2 heterocycles. The minimum atomic E-state index is 0.0551. The summed E-state index contributed by atoms with van der Waals surface area (Å²) in [6.07, 6.45) is 4.28. The van der Waals surface area contributed by atoms with Gasteiger partial charge < -0.3 is 5.32 Å². The fraction of sp³-hybridized carbons (Fsp3) is 0.176. The summed E-state index contributed by atoms with van der Waals surface area (Å²) in [5.74, 6) is 0.509. The summed E-state index contributed by atoms with van der Waals surface area (Å²) in [5, 5.41) is 20.7. The maximum absolute atomic E-state index is 10.4. The van der Waals surface area contributed by atoms with Crippen LogP contribution in [-0.2, 0) is 11.3 Å². The van der Waals surface area contributed by atoms with Gasteiger partial charge in [-0.25, -0.2) is 0 Å². The number of carbonyl (C=O) groups is 1. The first-order chi connectivity index (χ1) is 12.1. The van der Waals surface area contributed by atoms with E-state index in [1.165, 1.54) is 0 Å². The Balaban J connectivity index is 1.73. The summed E-state index contributed by atoms with van der Waals surface area (Å²) < 4.78 is 3.59. The number of aromatic nitrogens is 4. The molecule has 3 aromatic rings. The van der Waals surface area contributed by atoms with Crippen LogP contribution in [0.3, 0.4) is 0 Å². The van der Waals surface area contributed by atoms with E-state index in [0.29, 0.717) is 29.4 Å². The molecule has 1 N–H and O–H groups in total. The number of hydrogen-bond acceptors (Lipinski definition) is 4. The monoisotopic (exact) mass is 354 g/mol. The highest BCUT2D eigenvalue weighted by atomic mass is 35.5. The lowest BCUT2D eigenvalue weighted by Gasteiger charge is -2.12. The first-order valence-corrected chi connectivity index (χ1v) is 7.97. The summed E-state index contributed by atoms with van der Waals surface area (Å²) >= 11 is 6.08. The van der Waals surface area contributed by atoms with Crippen molar-refractivity contribution in [2.75, 3.05) is 5.32 Å². The second-order valence-electron chi connectivity index (χ2n) is 5.52. The number of anilines is 1. The predicted octanol–water partition coefficient (Wildman–Crippen LogP) is 3.10. The van der Waals surface area contributed by atoms with Crippen molar-refractivity contribution < 1.29 is 4.79 Å². The van der Waals surface area contributed by atoms with Crippen molar-refractivity contribution in [2.24, 2.45) is 0 Å². The van der Waals surface area contributed by atoms with Crippen molar-refractivity contribution in [1.82, 2.24) is 19.6 Å². The molecule has 0 saturated carbocycles. The normalized spacial score (nSPS) is 11.7. The molecule has 0 spiro atoms. The van der Waals surface area contributed by atoms with Crippen molar-refractivity contribution in [3.05, 3.63) is 53.3 Å². The standard InChI is InChI=1S/C17H15ClN6O/c1-12(24-7-5-17(22-24)20-11-25)10-23-6-4-16(21-23)13-2-3-14(9-19)15(18)8-13/h2-8,11-12H,10H2,1H3,(H,20,22,25)/t12-/m0/s1. The first kappa shape index (κ1) is 16.7. The highest BCUT2D eigenvalue weighted by molar-refractivity contribution is 6.32. The largest absolute Gasteiger partial charge is 0.312 e. The van der Waals surface area contributed by atoms with Crippen LogP contribution in [0.5, 0.6) is 0 Å². The fourth-order valence-electron chi connectivity index (χ4n) is 2.46. The fourth-order valence-corrected chi connectivity index (χ4v) is 2.68. The molecule has 0 saturated heterocycles. The lowest BCUT2D eigenvalue weighted by atomic mass is 10.1. The molecule has 3 rings (SSSR count). The Kier molecular flexibility index (Phi) is 4.82. The van der Waals surface area contributed by atoms with Crippen LogP contribution in [-0.4, -0.2) is 26.0 Å². The summed E-state index contributed by atoms with van der Waals surface area (Å²) in [7, 11) is 0. The molecular weight excluding hydrogens is 340 g/mol. The van der Waals surface area contributed by atoms with Crippen LogP contribution >= 0.6 is 11.6 Å². The molecule has 0 radical (unpaired) electrons. The van der Waals surface area contributed by atoms with E-state index in [0.717, 1.165) is 11.3 Å². The SMILES string of the molecule is C[C@@H](Cn1ccc(-c2ccc(C#N)c(Cl)c2)n1)n1ccc(NC=O)n1. The number of halogens is 1. The molecule has 126 valence electrons. The van der Waals surface area contributed by atoms with E-state index < -0.39 is 0 Å². The zero-order chi connectivity index (χ0) is 17.8. The Morgan fingerprint density at radius 3 is 2.88 bits per heavy atom. The maximum atomic E-state index is 10.4. The highest BCUT2D eigenvalue weighted by Gasteiger charge is 2.10. The van der Waals surface area contributed by atoms with Gasteiger partial charge in [0, 0.05) is 24.0 Å². The van der Waals surface area contributed by atoms with Crippen molar-refractivity contribution in [3.63, 3.8) is 0 Å². The van der Waals surface area contributed by atoms with Gasteiger partial charge in [0.25, 0.3) is 0 Å². The van der Waals surface area contributed by atoms with Gasteiger partial charge in [0.1, 0.15) is 6.07 Å². The molecule has 0 aliphatic heterocycles. The van der Waals surface area contributed by atoms with Gasteiger partial charge in [-0.1, -0.05) is 17.7 Å². The number of carbonyl (C=O) groups excluding carboxylic acids is 1. The van der Waals surface area contributed by atoms with Gasteiger partial charge in [0.15, 0.2) is 5.82 Å². The summed E-state index contributed by atoms with van der Waals surface area (Å²) in [6.45, 7) is 2.63. The number of benzene rings is 1. The van der Waals surface area contributed by atoms with E-state index in [1.54, 1.807) is 29.1 Å². The van der Waals surface area contributed by atoms with E-state index >= 15 is 0 Å². The van der Waals surface area contributed by atoms with E-state index in [4.69, 9.17) is 16.9 Å². The van der Waals surface area contributed by atoms with Crippen LogP contribution in [0.15, 0.2) is 42.7 Å². The number of rotatable bonds is 6. The Labute approximate surface area is 149 Å². The van der Waals surface area contributed by atoms with Gasteiger partial charge in [-0.3, -0.25) is 14.2 Å². The molecule has 8 heteroatoms. The lowest BCUT2D eigenvalue weighted by Crippen LogP contribution is -2.14. The minimum Gasteiger partial charge on any atom is -0.312 e. The molecule has 0 aliphatic carbocycles. The number of nitrogens with zero attached hydrogens (tertiary/aromatic N) is 5. The van der Waals surface area contributed by atoms with Gasteiger partial charge >= 0.3 is 0 Å². The van der Waals surface area contributed by atoms with Crippen LogP contribution in [0.25, 0.3) is 11.3 Å². The molecule has 0 fully saturated rings. The quantitative estimate of drug-likeness (QED) is 0.689. The third-order valence-corrected chi connectivity index (χ3v) is 4.06. The van der Waals surface area contributed by atoms with Crippen LogP contribution in [0.2, 0.25) is 5.02 Å². The molecule has 1 amide bonds.